The molecule has 0 aromatic heterocycles. The van der Waals surface area contributed by atoms with Crippen molar-refractivity contribution in [2.24, 2.45) is 0 Å². The highest BCUT2D eigenvalue weighted by Gasteiger charge is 2.19. The standard InChI is InChI=1S/C28H34O6/c1-4-7-10-20-13-14-23-24(17-20)28(34-19-26(30)32-16-6-3)22-12-9-8-11-21(22)27(23)33-18-25(29)31-15-5-2/h8-9,11-14,17H,4-7,10,15-16,18-19H2,1-3H3. The summed E-state index contributed by atoms with van der Waals surface area (Å²) in [5.74, 6) is 0.401. The molecule has 0 aliphatic heterocycles. The molecule has 0 amide bonds. The number of carbonyl (C=O) groups excluding carboxylic acids is 2. The molecule has 3 aromatic rings. The fourth-order valence-electron chi connectivity index (χ4n) is 3.77. The van der Waals surface area contributed by atoms with E-state index in [0.29, 0.717) is 24.7 Å². The van der Waals surface area contributed by atoms with Gasteiger partial charge in [0.25, 0.3) is 0 Å². The minimum atomic E-state index is -0.405. The van der Waals surface area contributed by atoms with E-state index in [-0.39, 0.29) is 13.2 Å². The first-order chi connectivity index (χ1) is 16.6. The van der Waals surface area contributed by atoms with E-state index in [1.165, 1.54) is 5.56 Å². The Labute approximate surface area is 201 Å². The third kappa shape index (κ3) is 6.40. The van der Waals surface area contributed by atoms with Crippen LogP contribution in [0.4, 0.5) is 0 Å². The molecule has 0 N–H and O–H groups in total. The van der Waals surface area contributed by atoms with Crippen LogP contribution in [-0.2, 0) is 25.5 Å². The van der Waals surface area contributed by atoms with Crippen molar-refractivity contribution in [1.29, 1.82) is 0 Å². The molecule has 6 heteroatoms. The molecule has 0 aliphatic rings. The number of fused-ring (bicyclic) bond motifs is 2. The summed E-state index contributed by atoms with van der Waals surface area (Å²) < 4.78 is 22.5. The molecule has 0 atom stereocenters. The fraction of sp³-hybridized carbons (Fsp3) is 0.429. The number of rotatable bonds is 13. The van der Waals surface area contributed by atoms with E-state index < -0.39 is 11.9 Å². The van der Waals surface area contributed by atoms with Gasteiger partial charge in [0, 0.05) is 21.5 Å². The van der Waals surface area contributed by atoms with E-state index in [1.54, 1.807) is 0 Å². The third-order valence-corrected chi connectivity index (χ3v) is 5.41. The molecule has 0 saturated heterocycles. The van der Waals surface area contributed by atoms with E-state index in [0.717, 1.165) is 53.6 Å². The summed E-state index contributed by atoms with van der Waals surface area (Å²) >= 11 is 0. The van der Waals surface area contributed by atoms with E-state index in [9.17, 15) is 9.59 Å². The van der Waals surface area contributed by atoms with Gasteiger partial charge < -0.3 is 18.9 Å². The molecule has 0 saturated carbocycles. The quantitative estimate of drug-likeness (QED) is 0.227. The van der Waals surface area contributed by atoms with Crippen LogP contribution >= 0.6 is 0 Å². The smallest absolute Gasteiger partial charge is 0.344 e. The summed E-state index contributed by atoms with van der Waals surface area (Å²) in [5, 5.41) is 3.27. The van der Waals surface area contributed by atoms with E-state index in [2.05, 4.69) is 19.1 Å². The zero-order valence-corrected chi connectivity index (χ0v) is 20.4. The van der Waals surface area contributed by atoms with Crippen molar-refractivity contribution in [3.05, 3.63) is 48.0 Å². The lowest BCUT2D eigenvalue weighted by atomic mass is 9.97. The van der Waals surface area contributed by atoms with Crippen LogP contribution < -0.4 is 9.47 Å². The molecular formula is C28H34O6. The largest absolute Gasteiger partial charge is 0.481 e. The van der Waals surface area contributed by atoms with Crippen LogP contribution in [0.2, 0.25) is 0 Å². The van der Waals surface area contributed by atoms with Crippen molar-refractivity contribution in [1.82, 2.24) is 0 Å². The van der Waals surface area contributed by atoms with Crippen molar-refractivity contribution in [3.8, 4) is 11.5 Å². The Morgan fingerprint density at radius 3 is 1.74 bits per heavy atom. The maximum atomic E-state index is 12.2. The summed E-state index contributed by atoms with van der Waals surface area (Å²) in [4.78, 5) is 24.3. The lowest BCUT2D eigenvalue weighted by Gasteiger charge is -2.18. The summed E-state index contributed by atoms with van der Waals surface area (Å²) in [7, 11) is 0. The molecule has 3 rings (SSSR count). The van der Waals surface area contributed by atoms with Crippen molar-refractivity contribution in [2.45, 2.75) is 52.9 Å². The highest BCUT2D eigenvalue weighted by molar-refractivity contribution is 6.11. The van der Waals surface area contributed by atoms with Gasteiger partial charge in [-0.3, -0.25) is 0 Å². The van der Waals surface area contributed by atoms with Crippen LogP contribution in [0.25, 0.3) is 21.5 Å². The topological polar surface area (TPSA) is 71.1 Å². The van der Waals surface area contributed by atoms with Gasteiger partial charge in [-0.1, -0.05) is 63.6 Å². The number of aryl methyl sites for hydroxylation is 1. The second kappa shape index (κ2) is 12.8. The van der Waals surface area contributed by atoms with Crippen molar-refractivity contribution in [3.63, 3.8) is 0 Å². The van der Waals surface area contributed by atoms with Crippen molar-refractivity contribution < 1.29 is 28.5 Å². The van der Waals surface area contributed by atoms with Gasteiger partial charge >= 0.3 is 11.9 Å². The van der Waals surface area contributed by atoms with Gasteiger partial charge in [0.15, 0.2) is 13.2 Å². The molecule has 182 valence electrons. The zero-order chi connectivity index (χ0) is 24.3. The van der Waals surface area contributed by atoms with Gasteiger partial charge in [0.1, 0.15) is 11.5 Å². The van der Waals surface area contributed by atoms with Gasteiger partial charge in [-0.2, -0.15) is 0 Å². The van der Waals surface area contributed by atoms with Crippen LogP contribution in [0.3, 0.4) is 0 Å². The average Bonchev–Trinajstić information content (AvgIpc) is 2.86. The highest BCUT2D eigenvalue weighted by Crippen LogP contribution is 2.43. The predicted octanol–water partition coefficient (Wildman–Crippen LogP) is 6.00. The first kappa shape index (κ1) is 25.3. The number of benzene rings is 3. The number of hydrogen-bond acceptors (Lipinski definition) is 6. The predicted molar refractivity (Wildman–Crippen MR) is 134 cm³/mol. The molecule has 3 aromatic carbocycles. The average molecular weight is 467 g/mol. The molecule has 0 aliphatic carbocycles. The van der Waals surface area contributed by atoms with Crippen LogP contribution in [0.1, 0.15) is 52.0 Å². The van der Waals surface area contributed by atoms with E-state index >= 15 is 0 Å². The number of unbranched alkanes of at least 4 members (excludes halogenated alkanes) is 1. The summed E-state index contributed by atoms with van der Waals surface area (Å²) in [6, 6.07) is 13.8. The summed E-state index contributed by atoms with van der Waals surface area (Å²) in [6.45, 7) is 6.43. The van der Waals surface area contributed by atoms with Gasteiger partial charge in [-0.05, 0) is 37.3 Å². The Morgan fingerprint density at radius 2 is 1.21 bits per heavy atom. The summed E-state index contributed by atoms with van der Waals surface area (Å²) in [5.41, 5.74) is 1.18. The van der Waals surface area contributed by atoms with Crippen LogP contribution in [0.15, 0.2) is 42.5 Å². The minimum Gasteiger partial charge on any atom is -0.481 e. The molecule has 34 heavy (non-hydrogen) atoms. The Balaban J connectivity index is 2.06. The second-order valence-electron chi connectivity index (χ2n) is 8.21. The molecular weight excluding hydrogens is 432 g/mol. The first-order valence-electron chi connectivity index (χ1n) is 12.1. The van der Waals surface area contributed by atoms with Crippen LogP contribution in [-0.4, -0.2) is 38.4 Å². The van der Waals surface area contributed by atoms with Crippen LogP contribution in [0.5, 0.6) is 11.5 Å². The SMILES string of the molecule is CCCCc1ccc2c(OCC(=O)OCCC)c3ccccc3c(OCC(=O)OCCC)c2c1. The lowest BCUT2D eigenvalue weighted by molar-refractivity contribution is -0.146. The lowest BCUT2D eigenvalue weighted by Crippen LogP contribution is -2.16. The van der Waals surface area contributed by atoms with Gasteiger partial charge in [-0.15, -0.1) is 0 Å². The maximum Gasteiger partial charge on any atom is 0.344 e. The highest BCUT2D eigenvalue weighted by atomic mass is 16.6. The number of ether oxygens (including phenoxy) is 4. The molecule has 0 unspecified atom stereocenters. The Bertz CT molecular complexity index is 1120. The second-order valence-corrected chi connectivity index (χ2v) is 8.21. The molecule has 0 spiro atoms. The van der Waals surface area contributed by atoms with Gasteiger partial charge in [-0.25, -0.2) is 9.59 Å². The van der Waals surface area contributed by atoms with Gasteiger partial charge in [0.2, 0.25) is 0 Å². The fourth-order valence-corrected chi connectivity index (χ4v) is 3.77. The van der Waals surface area contributed by atoms with Crippen molar-refractivity contribution >= 4 is 33.5 Å². The number of esters is 2. The maximum absolute atomic E-state index is 12.2. The molecule has 0 bridgehead atoms. The number of carbonyl (C=O) groups is 2. The third-order valence-electron chi connectivity index (χ3n) is 5.41. The minimum absolute atomic E-state index is 0.179. The molecule has 0 fully saturated rings. The first-order valence-corrected chi connectivity index (χ1v) is 12.1. The molecule has 6 nitrogen and oxygen atoms in total. The Hall–Kier alpha value is -3.28. The van der Waals surface area contributed by atoms with Crippen molar-refractivity contribution in [2.75, 3.05) is 26.4 Å². The number of hydrogen-bond donors (Lipinski definition) is 0. The molecule has 0 radical (unpaired) electrons. The van der Waals surface area contributed by atoms with E-state index in [4.69, 9.17) is 18.9 Å². The monoisotopic (exact) mass is 466 g/mol. The Kier molecular flexibility index (Phi) is 9.56. The zero-order valence-electron chi connectivity index (χ0n) is 20.4. The normalized spacial score (nSPS) is 10.9. The summed E-state index contributed by atoms with van der Waals surface area (Å²) in [6.07, 6.45) is 4.62. The van der Waals surface area contributed by atoms with Gasteiger partial charge in [0.05, 0.1) is 13.2 Å². The van der Waals surface area contributed by atoms with E-state index in [1.807, 2.05) is 44.2 Å². The van der Waals surface area contributed by atoms with Crippen LogP contribution in [0, 0.1) is 0 Å². The molecule has 0 heterocycles. The Morgan fingerprint density at radius 1 is 0.676 bits per heavy atom.